The van der Waals surface area contributed by atoms with Crippen molar-refractivity contribution in [1.29, 1.82) is 0 Å². The van der Waals surface area contributed by atoms with Crippen molar-refractivity contribution in [3.8, 4) is 0 Å². The normalized spacial score (nSPS) is 18.8. The van der Waals surface area contributed by atoms with Gasteiger partial charge in [-0.25, -0.2) is 14.0 Å². The predicted molar refractivity (Wildman–Crippen MR) is 133 cm³/mol. The number of urea groups is 1. The van der Waals surface area contributed by atoms with Crippen molar-refractivity contribution in [2.75, 3.05) is 46.4 Å². The van der Waals surface area contributed by atoms with E-state index in [9.17, 15) is 18.8 Å². The number of benzene rings is 2. The highest BCUT2D eigenvalue weighted by molar-refractivity contribution is 6.30. The highest BCUT2D eigenvalue weighted by Crippen LogP contribution is 2.32. The molecule has 8 nitrogen and oxygen atoms in total. The molecule has 0 aromatic heterocycles. The summed E-state index contributed by atoms with van der Waals surface area (Å²) in [5.41, 5.74) is 1.93. The Morgan fingerprint density at radius 1 is 1.11 bits per heavy atom. The van der Waals surface area contributed by atoms with Gasteiger partial charge in [0, 0.05) is 56.1 Å². The Bertz CT molecular complexity index is 1180. The summed E-state index contributed by atoms with van der Waals surface area (Å²) in [6, 6.07) is 11.6. The summed E-state index contributed by atoms with van der Waals surface area (Å²) >= 11 is 6.04. The van der Waals surface area contributed by atoms with Crippen molar-refractivity contribution in [1.82, 2.24) is 20.0 Å². The number of carbonyl (C=O) groups excluding carboxylic acids is 3. The van der Waals surface area contributed by atoms with Crippen LogP contribution in [0.1, 0.15) is 28.9 Å². The van der Waals surface area contributed by atoms with E-state index in [4.69, 9.17) is 16.3 Å². The predicted octanol–water partition coefficient (Wildman–Crippen LogP) is 3.45. The van der Waals surface area contributed by atoms with E-state index in [-0.39, 0.29) is 18.5 Å². The molecule has 10 heteroatoms. The zero-order chi connectivity index (χ0) is 25.8. The first-order chi connectivity index (χ1) is 17.3. The Kier molecular flexibility index (Phi) is 7.91. The first kappa shape index (κ1) is 25.7. The fourth-order valence-electron chi connectivity index (χ4n) is 4.43. The Labute approximate surface area is 214 Å². The van der Waals surface area contributed by atoms with Gasteiger partial charge in [-0.15, -0.1) is 0 Å². The molecule has 36 heavy (non-hydrogen) atoms. The van der Waals surface area contributed by atoms with E-state index in [0.29, 0.717) is 60.1 Å². The van der Waals surface area contributed by atoms with Crippen LogP contribution in [0.4, 0.5) is 9.18 Å². The minimum absolute atomic E-state index is 0.196. The number of carbonyl (C=O) groups is 3. The van der Waals surface area contributed by atoms with Gasteiger partial charge in [0.25, 0.3) is 5.91 Å². The van der Waals surface area contributed by atoms with Crippen LogP contribution in [-0.2, 0) is 9.53 Å². The van der Waals surface area contributed by atoms with E-state index >= 15 is 0 Å². The highest BCUT2D eigenvalue weighted by atomic mass is 35.5. The van der Waals surface area contributed by atoms with Gasteiger partial charge in [0.2, 0.25) is 0 Å². The van der Waals surface area contributed by atoms with Crippen molar-refractivity contribution >= 4 is 29.5 Å². The summed E-state index contributed by atoms with van der Waals surface area (Å²) < 4.78 is 18.9. The molecule has 2 aromatic carbocycles. The number of rotatable bonds is 6. The maximum atomic E-state index is 13.6. The average Bonchev–Trinajstić information content (AvgIpc) is 2.87. The van der Waals surface area contributed by atoms with E-state index in [0.717, 1.165) is 0 Å². The number of amides is 3. The number of likely N-dealkylation sites (N-methyl/N-ethyl adjacent to an activating group) is 1. The van der Waals surface area contributed by atoms with Gasteiger partial charge in [0.05, 0.1) is 18.2 Å². The molecule has 0 spiro atoms. The molecule has 3 amide bonds. The lowest BCUT2D eigenvalue weighted by atomic mass is 9.94. The third-order valence-electron chi connectivity index (χ3n) is 6.38. The van der Waals surface area contributed by atoms with Crippen LogP contribution in [0.15, 0.2) is 59.8 Å². The summed E-state index contributed by atoms with van der Waals surface area (Å²) in [5, 5.41) is 3.43. The minimum Gasteiger partial charge on any atom is -0.463 e. The maximum Gasteiger partial charge on any atom is 0.338 e. The van der Waals surface area contributed by atoms with E-state index in [1.807, 2.05) is 0 Å². The molecule has 2 aliphatic rings. The number of piperazine rings is 1. The number of hydrogen-bond donors (Lipinski definition) is 1. The molecular weight excluding hydrogens is 487 g/mol. The quantitative estimate of drug-likeness (QED) is 0.597. The smallest absolute Gasteiger partial charge is 0.338 e. The monoisotopic (exact) mass is 514 g/mol. The number of hydrogen-bond acceptors (Lipinski definition) is 5. The molecule has 190 valence electrons. The molecule has 2 aliphatic heterocycles. The number of nitrogens with one attached hydrogen (secondary N) is 1. The van der Waals surface area contributed by atoms with E-state index < -0.39 is 17.8 Å². The molecule has 0 saturated carbocycles. The summed E-state index contributed by atoms with van der Waals surface area (Å²) in [6.07, 6.45) is 0. The Morgan fingerprint density at radius 2 is 1.81 bits per heavy atom. The van der Waals surface area contributed by atoms with Gasteiger partial charge in [-0.2, -0.15) is 0 Å². The molecule has 2 heterocycles. The number of halogens is 2. The molecule has 1 unspecified atom stereocenters. The first-order valence-electron chi connectivity index (χ1n) is 11.8. The second-order valence-electron chi connectivity index (χ2n) is 8.65. The lowest BCUT2D eigenvalue weighted by Gasteiger charge is -2.39. The van der Waals surface area contributed by atoms with Crippen molar-refractivity contribution in [2.45, 2.75) is 13.0 Å². The van der Waals surface area contributed by atoms with Crippen LogP contribution in [0.3, 0.4) is 0 Å². The molecule has 1 atom stereocenters. The third-order valence-corrected chi connectivity index (χ3v) is 6.63. The zero-order valence-electron chi connectivity index (χ0n) is 20.2. The van der Waals surface area contributed by atoms with Gasteiger partial charge in [-0.1, -0.05) is 29.8 Å². The largest absolute Gasteiger partial charge is 0.463 e. The third kappa shape index (κ3) is 5.52. The molecule has 0 aliphatic carbocycles. The van der Waals surface area contributed by atoms with E-state index in [1.54, 1.807) is 49.2 Å². The van der Waals surface area contributed by atoms with Crippen LogP contribution in [0.25, 0.3) is 0 Å². The minimum atomic E-state index is -0.684. The van der Waals surface area contributed by atoms with Gasteiger partial charge in [0.1, 0.15) is 5.82 Å². The SMILES string of the molecule is CCOC(=O)C1=C(CN2CCN(C(=O)c3cccc(F)c3)CC2)N(C)C(=O)NC1c1ccc(Cl)cc1. The average molecular weight is 515 g/mol. The number of nitrogens with zero attached hydrogens (tertiary/aromatic N) is 3. The van der Waals surface area contributed by atoms with Crippen molar-refractivity contribution in [2.24, 2.45) is 0 Å². The van der Waals surface area contributed by atoms with Gasteiger partial charge >= 0.3 is 12.0 Å². The Hall–Kier alpha value is -3.43. The highest BCUT2D eigenvalue weighted by Gasteiger charge is 2.37. The van der Waals surface area contributed by atoms with Crippen molar-refractivity contribution in [3.05, 3.63) is 81.8 Å². The van der Waals surface area contributed by atoms with E-state index in [2.05, 4.69) is 10.2 Å². The van der Waals surface area contributed by atoms with Crippen LogP contribution in [0, 0.1) is 5.82 Å². The molecule has 1 fully saturated rings. The fraction of sp³-hybridized carbons (Fsp3) is 0.346. The second kappa shape index (κ2) is 11.1. The standard InChI is InChI=1S/C26H28ClFN4O4/c1-3-36-25(34)22-21(30(2)26(35)29-23(22)17-7-9-19(27)10-8-17)16-31-11-13-32(14-12-31)24(33)18-5-4-6-20(28)15-18/h4-10,15,23H,3,11-14,16H2,1-2H3,(H,29,35). The van der Waals surface area contributed by atoms with Crippen LogP contribution in [-0.4, -0.2) is 79.0 Å². The Balaban J connectivity index is 1.56. The molecule has 2 aromatic rings. The molecule has 0 bridgehead atoms. The Morgan fingerprint density at radius 3 is 2.44 bits per heavy atom. The van der Waals surface area contributed by atoms with Crippen LogP contribution < -0.4 is 5.32 Å². The van der Waals surface area contributed by atoms with Gasteiger partial charge in [-0.05, 0) is 42.8 Å². The van der Waals surface area contributed by atoms with Gasteiger partial charge in [-0.3, -0.25) is 14.6 Å². The number of esters is 1. The number of ether oxygens (including phenoxy) is 1. The van der Waals surface area contributed by atoms with Crippen LogP contribution in [0.2, 0.25) is 5.02 Å². The van der Waals surface area contributed by atoms with Crippen molar-refractivity contribution in [3.63, 3.8) is 0 Å². The van der Waals surface area contributed by atoms with Crippen LogP contribution in [0.5, 0.6) is 0 Å². The van der Waals surface area contributed by atoms with Crippen molar-refractivity contribution < 1.29 is 23.5 Å². The lowest BCUT2D eigenvalue weighted by Crippen LogP contribution is -2.53. The van der Waals surface area contributed by atoms with Gasteiger partial charge in [0.15, 0.2) is 0 Å². The summed E-state index contributed by atoms with van der Waals surface area (Å²) in [7, 11) is 1.62. The first-order valence-corrected chi connectivity index (χ1v) is 12.1. The fourth-order valence-corrected chi connectivity index (χ4v) is 4.55. The summed E-state index contributed by atoms with van der Waals surface area (Å²) in [5.74, 6) is -1.18. The molecule has 4 rings (SSSR count). The summed E-state index contributed by atoms with van der Waals surface area (Å²) in [4.78, 5) is 43.9. The summed E-state index contributed by atoms with van der Waals surface area (Å²) in [6.45, 7) is 4.19. The molecule has 1 saturated heterocycles. The van der Waals surface area contributed by atoms with Gasteiger partial charge < -0.3 is 15.0 Å². The second-order valence-corrected chi connectivity index (χ2v) is 9.09. The lowest BCUT2D eigenvalue weighted by molar-refractivity contribution is -0.139. The zero-order valence-corrected chi connectivity index (χ0v) is 20.9. The van der Waals surface area contributed by atoms with E-state index in [1.165, 1.54) is 23.1 Å². The molecule has 1 N–H and O–H groups in total. The van der Waals surface area contributed by atoms with Crippen LogP contribution >= 0.6 is 11.6 Å². The maximum absolute atomic E-state index is 13.6. The topological polar surface area (TPSA) is 82.2 Å². The molecule has 0 radical (unpaired) electrons. The molecular formula is C26H28ClFN4O4.